The molecule has 0 aliphatic carbocycles. The Morgan fingerprint density at radius 3 is 2.52 bits per heavy atom. The van der Waals surface area contributed by atoms with Gasteiger partial charge in [-0.15, -0.1) is 0 Å². The molecule has 0 aromatic heterocycles. The summed E-state index contributed by atoms with van der Waals surface area (Å²) < 4.78 is 7.82. The highest BCUT2D eigenvalue weighted by molar-refractivity contribution is 9.11. The predicted octanol–water partition coefficient (Wildman–Crippen LogP) is 6.05. The maximum Gasteiger partial charge on any atom is 0.142 e. The Morgan fingerprint density at radius 1 is 0.952 bits per heavy atom. The Bertz CT molecular complexity index is 830. The van der Waals surface area contributed by atoms with Crippen molar-refractivity contribution in [3.63, 3.8) is 0 Å². The van der Waals surface area contributed by atoms with E-state index in [-0.39, 0.29) is 0 Å². The van der Waals surface area contributed by atoms with E-state index >= 15 is 0 Å². The number of benzene rings is 3. The van der Waals surface area contributed by atoms with Crippen LogP contribution in [0.25, 0.3) is 10.8 Å². The maximum absolute atomic E-state index is 6.03. The van der Waals surface area contributed by atoms with Crippen LogP contribution in [0.1, 0.15) is 5.56 Å². The van der Waals surface area contributed by atoms with Crippen LogP contribution in [0.15, 0.2) is 57.5 Å². The first kappa shape index (κ1) is 14.4. The SMILES string of the molecule is Cc1cc(Oc2ccc3ccccc3c2Br)c(Br)cc1N. The van der Waals surface area contributed by atoms with Crippen LogP contribution < -0.4 is 10.5 Å². The zero-order valence-electron chi connectivity index (χ0n) is 11.4. The third kappa shape index (κ3) is 2.78. The zero-order valence-corrected chi connectivity index (χ0v) is 14.5. The van der Waals surface area contributed by atoms with E-state index in [1.54, 1.807) is 0 Å². The fraction of sp³-hybridized carbons (Fsp3) is 0.0588. The van der Waals surface area contributed by atoms with Gasteiger partial charge in [-0.3, -0.25) is 0 Å². The zero-order chi connectivity index (χ0) is 15.0. The number of halogens is 2. The molecule has 3 aromatic rings. The molecule has 0 fully saturated rings. The highest BCUT2D eigenvalue weighted by Crippen LogP contribution is 2.39. The largest absolute Gasteiger partial charge is 0.455 e. The predicted molar refractivity (Wildman–Crippen MR) is 95.0 cm³/mol. The van der Waals surface area contributed by atoms with Crippen LogP contribution in [-0.4, -0.2) is 0 Å². The molecule has 0 aliphatic rings. The van der Waals surface area contributed by atoms with Crippen molar-refractivity contribution < 1.29 is 4.74 Å². The van der Waals surface area contributed by atoms with Gasteiger partial charge in [0.2, 0.25) is 0 Å². The lowest BCUT2D eigenvalue weighted by Crippen LogP contribution is -1.93. The molecule has 0 bridgehead atoms. The first-order chi connectivity index (χ1) is 10.1. The smallest absolute Gasteiger partial charge is 0.142 e. The molecule has 0 unspecified atom stereocenters. The molecule has 2 nitrogen and oxygen atoms in total. The van der Waals surface area contributed by atoms with Crippen LogP contribution >= 0.6 is 31.9 Å². The molecule has 3 aromatic carbocycles. The van der Waals surface area contributed by atoms with Crippen molar-refractivity contribution in [2.45, 2.75) is 6.92 Å². The quantitative estimate of drug-likeness (QED) is 0.526. The minimum Gasteiger partial charge on any atom is -0.455 e. The summed E-state index contributed by atoms with van der Waals surface area (Å²) in [5, 5.41) is 2.29. The third-order valence-electron chi connectivity index (χ3n) is 3.37. The van der Waals surface area contributed by atoms with Gasteiger partial charge in [-0.25, -0.2) is 0 Å². The van der Waals surface area contributed by atoms with Crippen molar-refractivity contribution in [2.24, 2.45) is 0 Å². The molecule has 0 amide bonds. The monoisotopic (exact) mass is 405 g/mol. The molecule has 21 heavy (non-hydrogen) atoms. The number of nitrogens with two attached hydrogens (primary N) is 1. The number of aryl methyl sites for hydroxylation is 1. The van der Waals surface area contributed by atoms with E-state index in [1.807, 2.05) is 43.3 Å². The Kier molecular flexibility index (Phi) is 3.91. The van der Waals surface area contributed by atoms with Gasteiger partial charge < -0.3 is 10.5 Å². The minimum atomic E-state index is 0.742. The van der Waals surface area contributed by atoms with E-state index in [1.165, 1.54) is 5.39 Å². The van der Waals surface area contributed by atoms with E-state index in [0.29, 0.717) is 0 Å². The molecule has 3 rings (SSSR count). The average molecular weight is 407 g/mol. The van der Waals surface area contributed by atoms with E-state index in [4.69, 9.17) is 10.5 Å². The molecule has 2 N–H and O–H groups in total. The van der Waals surface area contributed by atoms with Crippen molar-refractivity contribution in [3.05, 3.63) is 63.0 Å². The summed E-state index contributed by atoms with van der Waals surface area (Å²) in [6.07, 6.45) is 0. The molecule has 0 spiro atoms. The van der Waals surface area contributed by atoms with E-state index in [2.05, 4.69) is 44.0 Å². The summed E-state index contributed by atoms with van der Waals surface area (Å²) in [7, 11) is 0. The number of hydrogen-bond acceptors (Lipinski definition) is 2. The molecule has 106 valence electrons. The average Bonchev–Trinajstić information content (AvgIpc) is 2.48. The normalized spacial score (nSPS) is 10.8. The standard InChI is InChI=1S/C17H13Br2NO/c1-10-8-16(13(18)9-14(10)20)21-15-7-6-11-4-2-3-5-12(11)17(15)19/h2-9H,20H2,1H3. The van der Waals surface area contributed by atoms with Crippen molar-refractivity contribution in [1.29, 1.82) is 0 Å². The number of nitrogen functional groups attached to an aromatic ring is 1. The Labute approximate surface area is 140 Å². The Hall–Kier alpha value is -1.52. The Balaban J connectivity index is 2.06. The van der Waals surface area contributed by atoms with E-state index in [9.17, 15) is 0 Å². The summed E-state index contributed by atoms with van der Waals surface area (Å²) in [6.45, 7) is 1.96. The Morgan fingerprint density at radius 2 is 1.71 bits per heavy atom. The molecule has 0 atom stereocenters. The summed E-state index contributed by atoms with van der Waals surface area (Å²) >= 11 is 7.12. The number of anilines is 1. The van der Waals surface area contributed by atoms with Gasteiger partial charge in [0.1, 0.15) is 11.5 Å². The van der Waals surface area contributed by atoms with Gasteiger partial charge in [0.15, 0.2) is 0 Å². The van der Waals surface area contributed by atoms with Gasteiger partial charge >= 0.3 is 0 Å². The minimum absolute atomic E-state index is 0.742. The highest BCUT2D eigenvalue weighted by atomic mass is 79.9. The second-order valence-corrected chi connectivity index (χ2v) is 6.49. The fourth-order valence-corrected chi connectivity index (χ4v) is 3.18. The number of ether oxygens (including phenoxy) is 1. The maximum atomic E-state index is 6.03. The topological polar surface area (TPSA) is 35.2 Å². The number of fused-ring (bicyclic) bond motifs is 1. The number of hydrogen-bond donors (Lipinski definition) is 1. The molecule has 4 heteroatoms. The lowest BCUT2D eigenvalue weighted by molar-refractivity contribution is 0.477. The van der Waals surface area contributed by atoms with Crippen molar-refractivity contribution in [3.8, 4) is 11.5 Å². The first-order valence-electron chi connectivity index (χ1n) is 6.47. The molecular weight excluding hydrogens is 394 g/mol. The van der Waals surface area contributed by atoms with Crippen LogP contribution in [-0.2, 0) is 0 Å². The van der Waals surface area contributed by atoms with Gasteiger partial charge in [-0.1, -0.05) is 30.3 Å². The van der Waals surface area contributed by atoms with Crippen molar-refractivity contribution in [1.82, 2.24) is 0 Å². The van der Waals surface area contributed by atoms with Crippen LogP contribution in [0.5, 0.6) is 11.5 Å². The number of rotatable bonds is 2. The van der Waals surface area contributed by atoms with Crippen LogP contribution in [0.2, 0.25) is 0 Å². The van der Waals surface area contributed by atoms with Crippen molar-refractivity contribution in [2.75, 3.05) is 5.73 Å². The van der Waals surface area contributed by atoms with Gasteiger partial charge in [0.25, 0.3) is 0 Å². The van der Waals surface area contributed by atoms with E-state index < -0.39 is 0 Å². The van der Waals surface area contributed by atoms with Crippen molar-refractivity contribution >= 4 is 48.3 Å². The summed E-state index contributed by atoms with van der Waals surface area (Å²) in [5.74, 6) is 1.52. The molecule has 0 aliphatic heterocycles. The lowest BCUT2D eigenvalue weighted by atomic mass is 10.1. The van der Waals surface area contributed by atoms with Crippen LogP contribution in [0, 0.1) is 6.92 Å². The highest BCUT2D eigenvalue weighted by Gasteiger charge is 2.10. The molecule has 0 radical (unpaired) electrons. The van der Waals surface area contributed by atoms with E-state index in [0.717, 1.165) is 37.1 Å². The first-order valence-corrected chi connectivity index (χ1v) is 8.05. The lowest BCUT2D eigenvalue weighted by Gasteiger charge is -2.13. The third-order valence-corrected chi connectivity index (χ3v) is 4.81. The fourth-order valence-electron chi connectivity index (χ4n) is 2.16. The molecule has 0 saturated heterocycles. The molecular formula is C17H13Br2NO. The second-order valence-electron chi connectivity index (χ2n) is 4.84. The molecule has 0 saturated carbocycles. The van der Waals surface area contributed by atoms with Crippen LogP contribution in [0.4, 0.5) is 5.69 Å². The summed E-state index contributed by atoms with van der Waals surface area (Å²) in [4.78, 5) is 0. The van der Waals surface area contributed by atoms with Gasteiger partial charge in [0, 0.05) is 5.69 Å². The van der Waals surface area contributed by atoms with Crippen LogP contribution in [0.3, 0.4) is 0 Å². The van der Waals surface area contributed by atoms with Gasteiger partial charge in [0.05, 0.1) is 8.95 Å². The van der Waals surface area contributed by atoms with Gasteiger partial charge in [-0.05, 0) is 73.3 Å². The summed E-state index contributed by atoms with van der Waals surface area (Å²) in [5.41, 5.74) is 7.63. The van der Waals surface area contributed by atoms with Gasteiger partial charge in [-0.2, -0.15) is 0 Å². The second kappa shape index (κ2) is 5.70. The summed E-state index contributed by atoms with van der Waals surface area (Å²) in [6, 6.07) is 16.0. The molecule has 0 heterocycles.